The van der Waals surface area contributed by atoms with Crippen LogP contribution in [-0.2, 0) is 17.8 Å². The van der Waals surface area contributed by atoms with Gasteiger partial charge in [0.15, 0.2) is 0 Å². The summed E-state index contributed by atoms with van der Waals surface area (Å²) in [5, 5.41) is 9.13. The Labute approximate surface area is 65.4 Å². The van der Waals surface area contributed by atoms with E-state index in [0.29, 0.717) is 12.4 Å². The summed E-state index contributed by atoms with van der Waals surface area (Å²) in [6, 6.07) is 5.46. The van der Waals surface area contributed by atoms with Crippen LogP contribution in [0.1, 0.15) is 11.1 Å². The summed E-state index contributed by atoms with van der Waals surface area (Å²) in [5.41, 5.74) is 2.42. The van der Waals surface area contributed by atoms with E-state index in [0.717, 1.165) is 18.6 Å². The van der Waals surface area contributed by atoms with Crippen LogP contribution in [0.2, 0.25) is 0 Å². The van der Waals surface area contributed by atoms with E-state index in [9.17, 15) is 0 Å². The van der Waals surface area contributed by atoms with Crippen LogP contribution in [0.3, 0.4) is 0 Å². The van der Waals surface area contributed by atoms with Gasteiger partial charge in [0, 0.05) is 0 Å². The number of phenolic OH excluding ortho intramolecular Hbond substituents is 1. The van der Waals surface area contributed by atoms with E-state index in [4.69, 9.17) is 9.84 Å². The van der Waals surface area contributed by atoms with Crippen molar-refractivity contribution in [1.82, 2.24) is 0 Å². The first-order chi connectivity index (χ1) is 5.36. The molecule has 0 aliphatic carbocycles. The van der Waals surface area contributed by atoms with Gasteiger partial charge in [-0.25, -0.2) is 0 Å². The zero-order valence-corrected chi connectivity index (χ0v) is 6.21. The van der Waals surface area contributed by atoms with Gasteiger partial charge < -0.3 is 9.84 Å². The van der Waals surface area contributed by atoms with Crippen LogP contribution in [0.4, 0.5) is 0 Å². The SMILES string of the molecule is Oc1ccc2c(c1)COCC2. The van der Waals surface area contributed by atoms with Gasteiger partial charge in [-0.3, -0.25) is 0 Å². The third-order valence-corrected chi connectivity index (χ3v) is 1.96. The average Bonchev–Trinajstić information content (AvgIpc) is 2.04. The second kappa shape index (κ2) is 2.55. The zero-order valence-electron chi connectivity index (χ0n) is 6.21. The molecule has 0 saturated heterocycles. The molecule has 1 N–H and O–H groups in total. The number of aromatic hydroxyl groups is 1. The molecule has 1 aromatic carbocycles. The van der Waals surface area contributed by atoms with Crippen LogP contribution in [0.5, 0.6) is 5.75 Å². The number of hydrogen-bond acceptors (Lipinski definition) is 2. The highest BCUT2D eigenvalue weighted by atomic mass is 16.5. The van der Waals surface area contributed by atoms with Crippen LogP contribution in [0, 0.1) is 0 Å². The van der Waals surface area contributed by atoms with Crippen LogP contribution in [-0.4, -0.2) is 11.7 Å². The first kappa shape index (κ1) is 6.68. The Balaban J connectivity index is 2.43. The predicted octanol–water partition coefficient (Wildman–Crippen LogP) is 1.46. The molecule has 0 bridgehead atoms. The summed E-state index contributed by atoms with van der Waals surface area (Å²) in [5.74, 6) is 0.328. The average molecular weight is 150 g/mol. The minimum atomic E-state index is 0.328. The van der Waals surface area contributed by atoms with E-state index in [1.165, 1.54) is 5.56 Å². The second-order valence-electron chi connectivity index (χ2n) is 2.76. The number of ether oxygens (including phenoxy) is 1. The third-order valence-electron chi connectivity index (χ3n) is 1.96. The van der Waals surface area contributed by atoms with Gasteiger partial charge in [0.2, 0.25) is 0 Å². The molecule has 1 aromatic rings. The van der Waals surface area contributed by atoms with Crippen LogP contribution >= 0.6 is 0 Å². The summed E-state index contributed by atoms with van der Waals surface area (Å²) >= 11 is 0. The van der Waals surface area contributed by atoms with Crippen molar-refractivity contribution in [2.75, 3.05) is 6.61 Å². The van der Waals surface area contributed by atoms with Gasteiger partial charge >= 0.3 is 0 Å². The van der Waals surface area contributed by atoms with Crippen molar-refractivity contribution in [3.8, 4) is 5.75 Å². The first-order valence-corrected chi connectivity index (χ1v) is 3.75. The topological polar surface area (TPSA) is 29.5 Å². The third kappa shape index (κ3) is 1.21. The molecule has 11 heavy (non-hydrogen) atoms. The van der Waals surface area contributed by atoms with Gasteiger partial charge in [0.25, 0.3) is 0 Å². The first-order valence-electron chi connectivity index (χ1n) is 3.75. The van der Waals surface area contributed by atoms with E-state index < -0.39 is 0 Å². The number of hydrogen-bond donors (Lipinski definition) is 1. The Hall–Kier alpha value is -1.02. The minimum absolute atomic E-state index is 0.328. The molecule has 0 atom stereocenters. The quantitative estimate of drug-likeness (QED) is 0.606. The maximum atomic E-state index is 9.13. The zero-order chi connectivity index (χ0) is 7.68. The predicted molar refractivity (Wildman–Crippen MR) is 41.5 cm³/mol. The number of fused-ring (bicyclic) bond motifs is 1. The van der Waals surface area contributed by atoms with E-state index in [2.05, 4.69) is 0 Å². The molecule has 0 fully saturated rings. The highest BCUT2D eigenvalue weighted by Gasteiger charge is 2.08. The van der Waals surface area contributed by atoms with E-state index in [1.54, 1.807) is 12.1 Å². The number of phenols is 1. The molecule has 2 rings (SSSR count). The van der Waals surface area contributed by atoms with E-state index in [-0.39, 0.29) is 0 Å². The van der Waals surface area contributed by atoms with Crippen molar-refractivity contribution < 1.29 is 9.84 Å². The van der Waals surface area contributed by atoms with Crippen LogP contribution < -0.4 is 0 Å². The van der Waals surface area contributed by atoms with E-state index >= 15 is 0 Å². The number of benzene rings is 1. The van der Waals surface area contributed by atoms with Crippen molar-refractivity contribution >= 4 is 0 Å². The summed E-state index contributed by atoms with van der Waals surface area (Å²) < 4.78 is 5.24. The summed E-state index contributed by atoms with van der Waals surface area (Å²) in [7, 11) is 0. The van der Waals surface area contributed by atoms with Gasteiger partial charge in [0.05, 0.1) is 13.2 Å². The van der Waals surface area contributed by atoms with Gasteiger partial charge in [-0.1, -0.05) is 6.07 Å². The van der Waals surface area contributed by atoms with Crippen molar-refractivity contribution in [2.45, 2.75) is 13.0 Å². The summed E-state index contributed by atoms with van der Waals surface area (Å²) in [6.07, 6.45) is 0.968. The smallest absolute Gasteiger partial charge is 0.115 e. The molecule has 0 amide bonds. The Morgan fingerprint density at radius 3 is 3.09 bits per heavy atom. The number of rotatable bonds is 0. The van der Waals surface area contributed by atoms with Gasteiger partial charge in [-0.15, -0.1) is 0 Å². The fourth-order valence-corrected chi connectivity index (χ4v) is 1.35. The fraction of sp³-hybridized carbons (Fsp3) is 0.333. The van der Waals surface area contributed by atoms with Crippen molar-refractivity contribution in [1.29, 1.82) is 0 Å². The fourth-order valence-electron chi connectivity index (χ4n) is 1.35. The molecule has 1 aliphatic rings. The molecule has 58 valence electrons. The Morgan fingerprint density at radius 1 is 1.27 bits per heavy atom. The molecule has 0 saturated carbocycles. The van der Waals surface area contributed by atoms with Crippen LogP contribution in [0.25, 0.3) is 0 Å². The van der Waals surface area contributed by atoms with Gasteiger partial charge in [-0.2, -0.15) is 0 Å². The molecule has 1 heterocycles. The molecule has 0 aromatic heterocycles. The lowest BCUT2D eigenvalue weighted by Gasteiger charge is -2.15. The Kier molecular flexibility index (Phi) is 1.55. The summed E-state index contributed by atoms with van der Waals surface area (Å²) in [6.45, 7) is 1.45. The Morgan fingerprint density at radius 2 is 2.18 bits per heavy atom. The van der Waals surface area contributed by atoms with Crippen molar-refractivity contribution in [2.24, 2.45) is 0 Å². The van der Waals surface area contributed by atoms with Gasteiger partial charge in [-0.05, 0) is 29.7 Å². The minimum Gasteiger partial charge on any atom is -0.508 e. The highest BCUT2D eigenvalue weighted by Crippen LogP contribution is 2.20. The maximum absolute atomic E-state index is 9.13. The Bertz CT molecular complexity index is 268. The highest BCUT2D eigenvalue weighted by molar-refractivity contribution is 5.35. The molecule has 2 heteroatoms. The maximum Gasteiger partial charge on any atom is 0.115 e. The molecule has 1 aliphatic heterocycles. The lowest BCUT2D eigenvalue weighted by Crippen LogP contribution is -2.08. The molecular formula is C9H10O2. The monoisotopic (exact) mass is 150 g/mol. The van der Waals surface area contributed by atoms with Crippen LogP contribution in [0.15, 0.2) is 18.2 Å². The lowest BCUT2D eigenvalue weighted by atomic mass is 10.0. The van der Waals surface area contributed by atoms with Crippen molar-refractivity contribution in [3.05, 3.63) is 29.3 Å². The normalized spacial score (nSPS) is 16.0. The lowest BCUT2D eigenvalue weighted by molar-refractivity contribution is 0.110. The van der Waals surface area contributed by atoms with Gasteiger partial charge in [0.1, 0.15) is 5.75 Å². The summed E-state index contributed by atoms with van der Waals surface area (Å²) in [4.78, 5) is 0. The second-order valence-corrected chi connectivity index (χ2v) is 2.76. The molecule has 2 nitrogen and oxygen atoms in total. The molecule has 0 spiro atoms. The largest absolute Gasteiger partial charge is 0.508 e. The van der Waals surface area contributed by atoms with Crippen molar-refractivity contribution in [3.63, 3.8) is 0 Å². The standard InChI is InChI=1S/C9H10O2/c10-9-2-1-7-3-4-11-6-8(7)5-9/h1-2,5,10H,3-4,6H2. The molecular weight excluding hydrogens is 140 g/mol. The molecule has 0 radical (unpaired) electrons. The van der Waals surface area contributed by atoms with E-state index in [1.807, 2.05) is 6.07 Å². The molecule has 0 unspecified atom stereocenters.